The Hall–Kier alpha value is -0.520. The zero-order valence-electron chi connectivity index (χ0n) is 27.8. The Balaban J connectivity index is 0. The fraction of sp³-hybridized carbons (Fsp3) is 0.935. The molecule has 270 valence electrons. The molecule has 0 fully saturated rings. The van der Waals surface area contributed by atoms with Gasteiger partial charge in [-0.3, -0.25) is 9.59 Å². The lowest BCUT2D eigenvalue weighted by Crippen LogP contribution is -2.57. The lowest BCUT2D eigenvalue weighted by molar-refractivity contribution is -0.166. The number of hydrogen-bond acceptors (Lipinski definition) is 8. The van der Waals surface area contributed by atoms with E-state index in [2.05, 4.69) is 18.2 Å². The minimum absolute atomic E-state index is 0.0641. The van der Waals surface area contributed by atoms with E-state index in [0.717, 1.165) is 38.5 Å². The zero-order chi connectivity index (χ0) is 34.6. The SMILES string of the molecule is CCCCCCCCCCCCCC(=O)C(O)(C(=O)CCCCCCCCCCCCC)C(O)CO.O=P(O)(O)OP(=O)(O)O. The Labute approximate surface area is 271 Å². The minimum Gasteiger partial charge on any atom is -0.394 e. The van der Waals surface area contributed by atoms with E-state index in [1.165, 1.54) is 89.9 Å². The number of ketones is 2. The van der Waals surface area contributed by atoms with E-state index >= 15 is 0 Å². The van der Waals surface area contributed by atoms with Gasteiger partial charge in [0, 0.05) is 12.8 Å². The van der Waals surface area contributed by atoms with Crippen LogP contribution in [0.15, 0.2) is 0 Å². The first-order valence-electron chi connectivity index (χ1n) is 17.1. The topological polar surface area (TPSA) is 219 Å². The van der Waals surface area contributed by atoms with Crippen molar-refractivity contribution in [3.8, 4) is 0 Å². The highest BCUT2D eigenvalue weighted by molar-refractivity contribution is 7.60. The summed E-state index contributed by atoms with van der Waals surface area (Å²) in [5, 5.41) is 30.3. The van der Waals surface area contributed by atoms with Crippen LogP contribution in [0.4, 0.5) is 0 Å². The van der Waals surface area contributed by atoms with Crippen molar-refractivity contribution in [2.45, 2.75) is 180 Å². The summed E-state index contributed by atoms with van der Waals surface area (Å²) < 4.78 is 22.2. The molecular formula is C31H64O12P2. The highest BCUT2D eigenvalue weighted by Crippen LogP contribution is 2.53. The van der Waals surface area contributed by atoms with Crippen LogP contribution in [-0.4, -0.2) is 64.8 Å². The summed E-state index contributed by atoms with van der Waals surface area (Å²) >= 11 is 0. The van der Waals surface area contributed by atoms with Gasteiger partial charge < -0.3 is 34.9 Å². The summed E-state index contributed by atoms with van der Waals surface area (Å²) in [6, 6.07) is 0. The van der Waals surface area contributed by atoms with Crippen LogP contribution in [0.3, 0.4) is 0 Å². The molecule has 0 saturated heterocycles. The van der Waals surface area contributed by atoms with Crippen molar-refractivity contribution in [2.24, 2.45) is 0 Å². The molecule has 14 heteroatoms. The van der Waals surface area contributed by atoms with Crippen molar-refractivity contribution >= 4 is 27.2 Å². The van der Waals surface area contributed by atoms with Gasteiger partial charge in [0.1, 0.15) is 6.10 Å². The number of carbonyl (C=O) groups excluding carboxylic acids is 2. The van der Waals surface area contributed by atoms with E-state index in [1.807, 2.05) is 0 Å². The number of phosphoric acid groups is 2. The Morgan fingerprint density at radius 1 is 0.556 bits per heavy atom. The quantitative estimate of drug-likeness (QED) is 0.0235. The van der Waals surface area contributed by atoms with Crippen LogP contribution in [0, 0.1) is 0 Å². The monoisotopic (exact) mass is 690 g/mol. The summed E-state index contributed by atoms with van der Waals surface area (Å²) in [5.74, 6) is -1.29. The molecule has 0 bridgehead atoms. The van der Waals surface area contributed by atoms with Crippen LogP contribution in [0.5, 0.6) is 0 Å². The molecule has 0 saturated carbocycles. The molecule has 1 atom stereocenters. The first-order chi connectivity index (χ1) is 21.2. The fourth-order valence-corrected chi connectivity index (χ4v) is 6.19. The van der Waals surface area contributed by atoms with Crippen LogP contribution in [0.2, 0.25) is 0 Å². The molecule has 12 nitrogen and oxygen atoms in total. The lowest BCUT2D eigenvalue weighted by Gasteiger charge is -2.29. The third-order valence-electron chi connectivity index (χ3n) is 7.73. The average Bonchev–Trinajstić information content (AvgIpc) is 2.95. The normalized spacial score (nSPS) is 12.9. The summed E-state index contributed by atoms with van der Waals surface area (Å²) in [5.41, 5.74) is -2.47. The van der Waals surface area contributed by atoms with E-state index in [1.54, 1.807) is 0 Å². The van der Waals surface area contributed by atoms with Crippen LogP contribution < -0.4 is 0 Å². The second-order valence-corrected chi connectivity index (χ2v) is 14.6. The van der Waals surface area contributed by atoms with Crippen molar-refractivity contribution in [2.75, 3.05) is 6.61 Å². The molecule has 0 radical (unpaired) electrons. The molecule has 1 unspecified atom stereocenters. The highest BCUT2D eigenvalue weighted by atomic mass is 31.3. The van der Waals surface area contributed by atoms with Gasteiger partial charge in [0.25, 0.3) is 0 Å². The van der Waals surface area contributed by atoms with Gasteiger partial charge in [0.2, 0.25) is 5.60 Å². The van der Waals surface area contributed by atoms with E-state index in [9.17, 15) is 34.0 Å². The predicted molar refractivity (Wildman–Crippen MR) is 175 cm³/mol. The van der Waals surface area contributed by atoms with Crippen molar-refractivity contribution in [1.29, 1.82) is 0 Å². The number of rotatable bonds is 30. The summed E-state index contributed by atoms with van der Waals surface area (Å²) in [6.45, 7) is 3.65. The number of aliphatic hydroxyl groups excluding tert-OH is 2. The van der Waals surface area contributed by atoms with Crippen LogP contribution in [0.1, 0.15) is 168 Å². The highest BCUT2D eigenvalue weighted by Gasteiger charge is 2.48. The maximum absolute atomic E-state index is 12.7. The second-order valence-electron chi connectivity index (χ2n) is 11.9. The van der Waals surface area contributed by atoms with Gasteiger partial charge in [-0.25, -0.2) is 9.13 Å². The van der Waals surface area contributed by atoms with Crippen LogP contribution >= 0.6 is 15.6 Å². The molecule has 0 aromatic rings. The van der Waals surface area contributed by atoms with Crippen molar-refractivity contribution < 1.29 is 57.9 Å². The molecule has 7 N–H and O–H groups in total. The van der Waals surface area contributed by atoms with E-state index in [4.69, 9.17) is 19.6 Å². The predicted octanol–water partition coefficient (Wildman–Crippen LogP) is 6.80. The fourth-order valence-electron chi connectivity index (χ4n) is 5.08. The Bertz CT molecular complexity index is 769. The Morgan fingerprint density at radius 2 is 0.800 bits per heavy atom. The van der Waals surface area contributed by atoms with Crippen molar-refractivity contribution in [3.63, 3.8) is 0 Å². The molecule has 0 aromatic carbocycles. The van der Waals surface area contributed by atoms with Crippen LogP contribution in [-0.2, 0) is 23.0 Å². The number of Topliss-reactive ketones (excluding diaryl/α,β-unsaturated/α-hetero) is 2. The Kier molecular flexibility index (Phi) is 29.5. The first-order valence-corrected chi connectivity index (χ1v) is 20.1. The second kappa shape index (κ2) is 28.5. The lowest BCUT2D eigenvalue weighted by atomic mass is 9.82. The number of hydrogen-bond donors (Lipinski definition) is 7. The van der Waals surface area contributed by atoms with E-state index in [-0.39, 0.29) is 12.8 Å². The number of unbranched alkanes of at least 4 members (excludes halogenated alkanes) is 20. The number of aliphatic hydroxyl groups is 3. The van der Waals surface area contributed by atoms with Gasteiger partial charge >= 0.3 is 15.6 Å². The average molecular weight is 691 g/mol. The van der Waals surface area contributed by atoms with Gasteiger partial charge in [0.15, 0.2) is 11.6 Å². The third-order valence-corrected chi connectivity index (χ3v) is 9.43. The van der Waals surface area contributed by atoms with Gasteiger partial charge in [-0.15, -0.1) is 0 Å². The molecule has 0 aliphatic heterocycles. The smallest absolute Gasteiger partial charge is 0.394 e. The molecule has 0 aromatic heterocycles. The van der Waals surface area contributed by atoms with Gasteiger partial charge in [-0.1, -0.05) is 142 Å². The van der Waals surface area contributed by atoms with Gasteiger partial charge in [-0.05, 0) is 12.8 Å². The first kappa shape index (κ1) is 46.6. The largest absolute Gasteiger partial charge is 0.478 e. The molecule has 0 spiro atoms. The Morgan fingerprint density at radius 3 is 1.00 bits per heavy atom. The van der Waals surface area contributed by atoms with E-state index < -0.39 is 45.5 Å². The molecule has 0 aliphatic carbocycles. The van der Waals surface area contributed by atoms with Crippen LogP contribution in [0.25, 0.3) is 0 Å². The maximum Gasteiger partial charge on any atom is 0.478 e. The van der Waals surface area contributed by atoms with Crippen molar-refractivity contribution in [1.82, 2.24) is 0 Å². The summed E-state index contributed by atoms with van der Waals surface area (Å²) in [7, 11) is -10.1. The standard InChI is InChI=1S/C31H60O5.H4O7P2/c1-3-5-7-9-11-13-15-17-19-21-23-25-28(33)31(36,30(35)27-32)29(34)26-24-22-20-18-16-14-12-10-8-6-4-2;1-8(2,3)7-9(4,5)6/h30,32,35-36H,3-27H2,1-2H3;(H2,1,2,3)(H2,4,5,6). The summed E-state index contributed by atoms with van der Waals surface area (Å²) in [4.78, 5) is 56.5. The summed E-state index contributed by atoms with van der Waals surface area (Å²) in [6.07, 6.45) is 23.7. The maximum atomic E-state index is 12.7. The molecule has 0 rings (SSSR count). The molecule has 0 amide bonds. The zero-order valence-corrected chi connectivity index (χ0v) is 29.6. The van der Waals surface area contributed by atoms with E-state index in [0.29, 0.717) is 12.8 Å². The molecule has 0 heterocycles. The van der Waals surface area contributed by atoms with Gasteiger partial charge in [0.05, 0.1) is 6.61 Å². The molecule has 45 heavy (non-hydrogen) atoms. The third kappa shape index (κ3) is 28.2. The van der Waals surface area contributed by atoms with Gasteiger partial charge in [-0.2, -0.15) is 4.31 Å². The molecule has 0 aliphatic rings. The molecular weight excluding hydrogens is 626 g/mol. The van der Waals surface area contributed by atoms with Crippen molar-refractivity contribution in [3.05, 3.63) is 0 Å². The number of carbonyl (C=O) groups is 2. The minimum atomic E-state index is -5.05.